The van der Waals surface area contributed by atoms with Crippen LogP contribution < -0.4 is 4.74 Å². The van der Waals surface area contributed by atoms with Crippen LogP contribution in [0, 0.1) is 0 Å². The summed E-state index contributed by atoms with van der Waals surface area (Å²) in [5.41, 5.74) is 5.38. The summed E-state index contributed by atoms with van der Waals surface area (Å²) in [4.78, 5) is 38.9. The van der Waals surface area contributed by atoms with Crippen LogP contribution in [0.25, 0.3) is 26.5 Å². The van der Waals surface area contributed by atoms with E-state index in [9.17, 15) is 14.4 Å². The molecule has 5 aromatic rings. The normalized spacial score (nSPS) is 10.7. The number of ketones is 2. The zero-order valence-corrected chi connectivity index (χ0v) is 26.0. The van der Waals surface area contributed by atoms with Crippen LogP contribution in [0.4, 0.5) is 0 Å². The predicted octanol–water partition coefficient (Wildman–Crippen LogP) is 9.24. The molecule has 0 saturated carbocycles. The van der Waals surface area contributed by atoms with Gasteiger partial charge in [0.15, 0.2) is 18.2 Å². The summed E-state index contributed by atoms with van der Waals surface area (Å²) in [6, 6.07) is 31.9. The van der Waals surface area contributed by atoms with Crippen molar-refractivity contribution in [2.45, 2.75) is 18.7 Å². The molecule has 3 aromatic carbocycles. The Balaban J connectivity index is 1.39. The molecule has 0 fully saturated rings. The monoisotopic (exact) mass is 624 g/mol. The second-order valence-electron chi connectivity index (χ2n) is 9.68. The van der Waals surface area contributed by atoms with Crippen molar-refractivity contribution >= 4 is 57.5 Å². The SMILES string of the molecule is CC(=O)c1ccc(-c2ccc(C(=CCSc3ccc(OCC(=O)O)cc3)c3ccc(-c4ccc(C(C)=O)s4)cc3)cc2)s1. The third-order valence-corrected chi connectivity index (χ3v) is 10.00. The van der Waals surface area contributed by atoms with E-state index >= 15 is 0 Å². The lowest BCUT2D eigenvalue weighted by atomic mass is 9.95. The molecule has 0 aliphatic carbocycles. The standard InChI is InChI=1S/C35H28O5S3/c1-22(36)31-15-17-33(42-31)26-7-3-24(4-8-26)30(19-20-41-29-13-11-28(12-14-29)40-21-35(38)39)25-5-9-27(10-6-25)34-18-16-32(43-34)23(2)37/h3-19H,20-21H2,1-2H3,(H,38,39). The summed E-state index contributed by atoms with van der Waals surface area (Å²) >= 11 is 4.67. The number of benzene rings is 3. The molecule has 0 atom stereocenters. The fourth-order valence-electron chi connectivity index (χ4n) is 4.39. The molecule has 2 heterocycles. The Hall–Kier alpha value is -4.24. The minimum Gasteiger partial charge on any atom is -0.482 e. The van der Waals surface area contributed by atoms with Crippen molar-refractivity contribution in [2.24, 2.45) is 0 Å². The number of carbonyl (C=O) groups is 3. The van der Waals surface area contributed by atoms with E-state index in [2.05, 4.69) is 54.6 Å². The highest BCUT2D eigenvalue weighted by Gasteiger charge is 2.11. The number of carboxylic acid groups (broad SMARTS) is 1. The number of thioether (sulfide) groups is 1. The Bertz CT molecular complexity index is 1680. The molecular weight excluding hydrogens is 597 g/mol. The average Bonchev–Trinajstić information content (AvgIpc) is 3.71. The van der Waals surface area contributed by atoms with Gasteiger partial charge in [-0.3, -0.25) is 9.59 Å². The molecule has 43 heavy (non-hydrogen) atoms. The number of carbonyl (C=O) groups excluding carboxylic acids is 2. The number of ether oxygens (including phenoxy) is 1. The van der Waals surface area contributed by atoms with Crippen LogP contribution >= 0.6 is 34.4 Å². The fourth-order valence-corrected chi connectivity index (χ4v) is 6.98. The van der Waals surface area contributed by atoms with Crippen LogP contribution in [0.5, 0.6) is 5.75 Å². The van der Waals surface area contributed by atoms with Crippen molar-refractivity contribution in [3.63, 3.8) is 0 Å². The van der Waals surface area contributed by atoms with Crippen molar-refractivity contribution in [3.05, 3.63) is 124 Å². The highest BCUT2D eigenvalue weighted by molar-refractivity contribution is 7.99. The lowest BCUT2D eigenvalue weighted by molar-refractivity contribution is -0.139. The second-order valence-corrected chi connectivity index (χ2v) is 12.9. The lowest BCUT2D eigenvalue weighted by Crippen LogP contribution is -2.09. The number of hydrogen-bond donors (Lipinski definition) is 1. The van der Waals surface area contributed by atoms with Crippen molar-refractivity contribution in [1.29, 1.82) is 0 Å². The first-order valence-electron chi connectivity index (χ1n) is 13.5. The summed E-state index contributed by atoms with van der Waals surface area (Å²) in [6.45, 7) is 2.80. The van der Waals surface area contributed by atoms with Crippen molar-refractivity contribution < 1.29 is 24.2 Å². The van der Waals surface area contributed by atoms with E-state index in [-0.39, 0.29) is 18.2 Å². The highest BCUT2D eigenvalue weighted by Crippen LogP contribution is 2.34. The number of hydrogen-bond acceptors (Lipinski definition) is 7. The van der Waals surface area contributed by atoms with E-state index < -0.39 is 5.97 Å². The van der Waals surface area contributed by atoms with Crippen LogP contribution in [-0.4, -0.2) is 35.0 Å². The molecule has 0 radical (unpaired) electrons. The van der Waals surface area contributed by atoms with Gasteiger partial charge in [0, 0.05) is 20.4 Å². The zero-order chi connectivity index (χ0) is 30.3. The summed E-state index contributed by atoms with van der Waals surface area (Å²) in [6.07, 6.45) is 2.21. The molecule has 2 aromatic heterocycles. The molecule has 8 heteroatoms. The third kappa shape index (κ3) is 7.78. The minimum absolute atomic E-state index is 0.0709. The maximum atomic E-state index is 11.8. The van der Waals surface area contributed by atoms with E-state index in [1.807, 2.05) is 36.4 Å². The topological polar surface area (TPSA) is 80.7 Å². The molecule has 0 spiro atoms. The summed E-state index contributed by atoms with van der Waals surface area (Å²) in [5, 5.41) is 8.81. The first-order valence-corrected chi connectivity index (χ1v) is 16.1. The van der Waals surface area contributed by atoms with Gasteiger partial charge in [-0.25, -0.2) is 4.79 Å². The van der Waals surface area contributed by atoms with Gasteiger partial charge >= 0.3 is 5.97 Å². The zero-order valence-electron chi connectivity index (χ0n) is 23.5. The van der Waals surface area contributed by atoms with Gasteiger partial charge in [-0.15, -0.1) is 34.4 Å². The number of carboxylic acids is 1. The van der Waals surface area contributed by atoms with Gasteiger partial charge in [0.2, 0.25) is 0 Å². The quantitative estimate of drug-likeness (QED) is 0.110. The van der Waals surface area contributed by atoms with Crippen molar-refractivity contribution in [3.8, 4) is 26.6 Å². The summed E-state index contributed by atoms with van der Waals surface area (Å²) in [5.74, 6) is 0.367. The molecule has 0 bridgehead atoms. The lowest BCUT2D eigenvalue weighted by Gasteiger charge is -2.11. The van der Waals surface area contributed by atoms with Crippen molar-refractivity contribution in [2.75, 3.05) is 12.4 Å². The number of rotatable bonds is 12. The van der Waals surface area contributed by atoms with Gasteiger partial charge in [-0.2, -0.15) is 0 Å². The first kappa shape index (κ1) is 30.2. The summed E-state index contributed by atoms with van der Waals surface area (Å²) in [7, 11) is 0. The molecular formula is C35H28O5S3. The fraction of sp³-hybridized carbons (Fsp3) is 0.114. The van der Waals surface area contributed by atoms with E-state index in [0.717, 1.165) is 52.2 Å². The predicted molar refractivity (Wildman–Crippen MR) is 177 cm³/mol. The Morgan fingerprint density at radius 2 is 1.19 bits per heavy atom. The Kier molecular flexibility index (Phi) is 9.72. The molecule has 5 nitrogen and oxygen atoms in total. The Morgan fingerprint density at radius 1 is 0.698 bits per heavy atom. The molecule has 5 rings (SSSR count). The van der Waals surface area contributed by atoms with E-state index in [1.165, 1.54) is 22.7 Å². The van der Waals surface area contributed by atoms with Crippen molar-refractivity contribution in [1.82, 2.24) is 0 Å². The van der Waals surface area contributed by atoms with Crippen LogP contribution in [0.2, 0.25) is 0 Å². The van der Waals surface area contributed by atoms with Gasteiger partial charge in [-0.05, 0) is 90.2 Å². The van der Waals surface area contributed by atoms with Gasteiger partial charge in [-0.1, -0.05) is 54.6 Å². The molecule has 0 aliphatic heterocycles. The van der Waals surface area contributed by atoms with Crippen LogP contribution in [0.15, 0.2) is 108 Å². The molecule has 0 saturated heterocycles. The maximum absolute atomic E-state index is 11.8. The highest BCUT2D eigenvalue weighted by atomic mass is 32.2. The van der Waals surface area contributed by atoms with Crippen LogP contribution in [-0.2, 0) is 4.79 Å². The minimum atomic E-state index is -1.01. The largest absolute Gasteiger partial charge is 0.482 e. The number of thiophene rings is 2. The van der Waals surface area contributed by atoms with E-state index in [1.54, 1.807) is 37.7 Å². The molecule has 216 valence electrons. The van der Waals surface area contributed by atoms with E-state index in [0.29, 0.717) is 11.5 Å². The smallest absolute Gasteiger partial charge is 0.341 e. The molecule has 0 unspecified atom stereocenters. The third-order valence-electron chi connectivity index (χ3n) is 6.59. The van der Waals surface area contributed by atoms with Gasteiger partial charge in [0.25, 0.3) is 0 Å². The maximum Gasteiger partial charge on any atom is 0.341 e. The second kappa shape index (κ2) is 13.8. The first-order chi connectivity index (χ1) is 20.8. The van der Waals surface area contributed by atoms with Crippen LogP contribution in [0.3, 0.4) is 0 Å². The average molecular weight is 625 g/mol. The Labute approximate surface area is 262 Å². The summed E-state index contributed by atoms with van der Waals surface area (Å²) < 4.78 is 5.24. The van der Waals surface area contributed by atoms with Gasteiger partial charge < -0.3 is 9.84 Å². The van der Waals surface area contributed by atoms with Gasteiger partial charge in [0.1, 0.15) is 5.75 Å². The molecule has 0 amide bonds. The van der Waals surface area contributed by atoms with Gasteiger partial charge in [0.05, 0.1) is 9.75 Å². The molecule has 1 N–H and O–H groups in total. The number of Topliss-reactive ketones (excluding diaryl/α,β-unsaturated/α-hetero) is 2. The van der Waals surface area contributed by atoms with Crippen LogP contribution in [0.1, 0.15) is 44.3 Å². The Morgan fingerprint density at radius 3 is 1.60 bits per heavy atom. The molecule has 0 aliphatic rings. The number of aliphatic carboxylic acids is 1. The van der Waals surface area contributed by atoms with E-state index in [4.69, 9.17) is 9.84 Å².